The van der Waals surface area contributed by atoms with Gasteiger partial charge >= 0.3 is 0 Å². The molecule has 0 bridgehead atoms. The Morgan fingerprint density at radius 1 is 0.457 bits per heavy atom. The van der Waals surface area contributed by atoms with E-state index >= 15 is 0 Å². The van der Waals surface area contributed by atoms with Crippen molar-refractivity contribution in [3.63, 3.8) is 0 Å². The van der Waals surface area contributed by atoms with E-state index in [2.05, 4.69) is 126 Å². The Balaban J connectivity index is 1.26. The van der Waals surface area contributed by atoms with E-state index in [1.807, 2.05) is 0 Å². The van der Waals surface area contributed by atoms with Crippen molar-refractivity contribution in [1.29, 1.82) is 0 Å². The molecule has 0 unspecified atom stereocenters. The summed E-state index contributed by atoms with van der Waals surface area (Å²) in [5.41, 5.74) is 15.9. The number of fused-ring (bicyclic) bond motifs is 2. The molecule has 0 N–H and O–H groups in total. The molecule has 0 fully saturated rings. The van der Waals surface area contributed by atoms with Gasteiger partial charge in [-0.15, -0.1) is 0 Å². The molecule has 232 valence electrons. The summed E-state index contributed by atoms with van der Waals surface area (Å²) in [4.78, 5) is 0. The summed E-state index contributed by atoms with van der Waals surface area (Å²) in [6, 6.07) is 5.26. The van der Waals surface area contributed by atoms with Gasteiger partial charge in [0, 0.05) is 0 Å². The van der Waals surface area contributed by atoms with Crippen LogP contribution >= 0.6 is 0 Å². The van der Waals surface area contributed by atoms with Gasteiger partial charge in [0.15, 0.2) is 0 Å². The summed E-state index contributed by atoms with van der Waals surface area (Å²) < 4.78 is 0. The van der Waals surface area contributed by atoms with Crippen LogP contribution in [-0.4, -0.2) is 16.1 Å². The van der Waals surface area contributed by atoms with Crippen LogP contribution in [0.5, 0.6) is 0 Å². The normalized spacial score (nSPS) is 21.3. The van der Waals surface area contributed by atoms with Crippen LogP contribution < -0.4 is 10.4 Å². The Hall–Kier alpha value is -3.47. The van der Waals surface area contributed by atoms with Crippen molar-refractivity contribution in [2.75, 3.05) is 0 Å². The molecule has 0 nitrogen and oxygen atoms in total. The van der Waals surface area contributed by atoms with Crippen molar-refractivity contribution in [1.82, 2.24) is 0 Å². The zero-order valence-corrected chi connectivity index (χ0v) is 30.7. The molecular formula is C44H48Si2. The molecule has 0 spiro atoms. The van der Waals surface area contributed by atoms with Gasteiger partial charge in [0.1, 0.15) is 16.1 Å². The molecule has 0 aliphatic heterocycles. The molecule has 0 radical (unpaired) electrons. The van der Waals surface area contributed by atoms with Gasteiger partial charge in [-0.2, -0.15) is 0 Å². The van der Waals surface area contributed by atoms with Crippen molar-refractivity contribution >= 4 is 37.7 Å². The molecule has 8 rings (SSSR count). The van der Waals surface area contributed by atoms with Gasteiger partial charge in [0.05, 0.1) is 0 Å². The fourth-order valence-electron chi connectivity index (χ4n) is 10.1. The molecule has 46 heavy (non-hydrogen) atoms. The van der Waals surface area contributed by atoms with Gasteiger partial charge in [-0.25, -0.2) is 0 Å². The first-order chi connectivity index (χ1) is 22.2. The van der Waals surface area contributed by atoms with Crippen LogP contribution in [0.4, 0.5) is 0 Å². The third-order valence-electron chi connectivity index (χ3n) is 12.5. The van der Waals surface area contributed by atoms with E-state index in [1.165, 1.54) is 36.8 Å². The van der Waals surface area contributed by atoms with Crippen molar-refractivity contribution < 1.29 is 0 Å². The molecule has 2 heteroatoms. The molecule has 6 aliphatic rings. The maximum atomic E-state index is 2.63. The first kappa shape index (κ1) is 29.9. The highest BCUT2D eigenvalue weighted by atomic mass is 28.3. The minimum atomic E-state index is -2.04. The summed E-state index contributed by atoms with van der Waals surface area (Å²) in [5, 5.41) is 9.67. The lowest BCUT2D eigenvalue weighted by atomic mass is 9.90. The highest BCUT2D eigenvalue weighted by Gasteiger charge is 2.42. The Labute approximate surface area is 279 Å². The van der Waals surface area contributed by atoms with Gasteiger partial charge in [0.25, 0.3) is 0 Å². The second kappa shape index (κ2) is 11.1. The Morgan fingerprint density at radius 2 is 0.783 bits per heavy atom. The molecule has 0 atom stereocenters. The highest BCUT2D eigenvalue weighted by Crippen LogP contribution is 2.48. The van der Waals surface area contributed by atoms with E-state index in [0.29, 0.717) is 0 Å². The molecule has 6 aliphatic carbocycles. The zero-order valence-electron chi connectivity index (χ0n) is 28.7. The fourth-order valence-corrected chi connectivity index (χ4v) is 18.7. The maximum Gasteiger partial charge on any atom is 0.144 e. The Kier molecular flexibility index (Phi) is 7.19. The third-order valence-corrected chi connectivity index (χ3v) is 21.8. The van der Waals surface area contributed by atoms with E-state index in [1.54, 1.807) is 75.7 Å². The molecule has 0 heterocycles. The molecule has 2 aromatic carbocycles. The van der Waals surface area contributed by atoms with Crippen LogP contribution in [0.25, 0.3) is 11.1 Å². The van der Waals surface area contributed by atoms with Crippen LogP contribution in [0.2, 0.25) is 13.1 Å². The third kappa shape index (κ3) is 4.22. The number of aryl methyl sites for hydroxylation is 2. The topological polar surface area (TPSA) is 0 Å². The first-order valence-electron chi connectivity index (χ1n) is 17.7. The van der Waals surface area contributed by atoms with Crippen LogP contribution in [0.1, 0.15) is 83.0 Å². The van der Waals surface area contributed by atoms with Gasteiger partial charge in [-0.05, 0) is 145 Å². The van der Waals surface area contributed by atoms with E-state index in [-0.39, 0.29) is 0 Å². The maximum absolute atomic E-state index is 2.63. The number of allylic oxidation sites excluding steroid dienone is 18. The molecule has 0 saturated heterocycles. The predicted octanol–water partition coefficient (Wildman–Crippen LogP) is 10.00. The average Bonchev–Trinajstić information content (AvgIpc) is 3.91. The second-order valence-corrected chi connectivity index (χ2v) is 22.7. The first-order valence-corrected chi connectivity index (χ1v) is 22.7. The van der Waals surface area contributed by atoms with Crippen LogP contribution in [0.15, 0.2) is 106 Å². The van der Waals surface area contributed by atoms with E-state index in [0.717, 1.165) is 25.7 Å². The zero-order chi connectivity index (χ0) is 31.8. The van der Waals surface area contributed by atoms with Crippen LogP contribution in [0.3, 0.4) is 0 Å². The van der Waals surface area contributed by atoms with Crippen molar-refractivity contribution in [2.45, 2.75) is 92.2 Å². The lowest BCUT2D eigenvalue weighted by molar-refractivity contribution is 1.05. The smallest absolute Gasteiger partial charge is 0.0808 e. The number of hydrogen-bond donors (Lipinski definition) is 0. The summed E-state index contributed by atoms with van der Waals surface area (Å²) in [6.45, 7) is 15.0. The SMILES string of the molecule is Cc1cc([Si](C)(C2=CCC=C2)C2=CCC=C2)c(C)c2c1C(=C1CCc3c(C)c([Si](C)(C4=CCC=C4)C4=CCC=C4)cc(C)c31)CC2. The fraction of sp³-hybridized carbons (Fsp3) is 0.318. The minimum absolute atomic E-state index is 1.08. The predicted molar refractivity (Wildman–Crippen MR) is 205 cm³/mol. The molecule has 2 aromatic rings. The Bertz CT molecular complexity index is 1790. The minimum Gasteiger partial charge on any atom is -0.0808 e. The van der Waals surface area contributed by atoms with Crippen LogP contribution in [-0.2, 0) is 12.8 Å². The number of hydrogen-bond acceptors (Lipinski definition) is 0. The Morgan fingerprint density at radius 3 is 1.07 bits per heavy atom. The van der Waals surface area contributed by atoms with E-state index < -0.39 is 16.1 Å². The number of rotatable bonds is 6. The lowest BCUT2D eigenvalue weighted by Gasteiger charge is -2.33. The van der Waals surface area contributed by atoms with Gasteiger partial charge in [-0.1, -0.05) is 119 Å². The van der Waals surface area contributed by atoms with Crippen LogP contribution in [0, 0.1) is 27.7 Å². The number of benzene rings is 2. The summed E-state index contributed by atoms with van der Waals surface area (Å²) >= 11 is 0. The lowest BCUT2D eigenvalue weighted by Crippen LogP contribution is -2.50. The standard InChI is InChI=1S/C44H48Si2/c1-29-27-41(45(5,33-15-7-8-16-33)34-17-9-10-18-34)31(3)37-23-25-39(43(29)37)40-26-24-38-32(4)42(28-30(2)44(38)40)46(6,35-19-11-12-20-35)36-21-13-14-22-36/h7,9,11,13,15-22,27-28H,8,10,12,14,23-26H2,1-6H3. The molecule has 0 aromatic heterocycles. The van der Waals surface area contributed by atoms with Gasteiger partial charge < -0.3 is 0 Å². The largest absolute Gasteiger partial charge is 0.144 e. The molecule has 0 amide bonds. The molecular weight excluding hydrogens is 585 g/mol. The van der Waals surface area contributed by atoms with Crippen molar-refractivity contribution in [2.24, 2.45) is 0 Å². The summed E-state index contributed by atoms with van der Waals surface area (Å²) in [7, 11) is -4.07. The average molecular weight is 633 g/mol. The van der Waals surface area contributed by atoms with Crippen molar-refractivity contribution in [3.8, 4) is 0 Å². The summed E-state index contributed by atoms with van der Waals surface area (Å²) in [5.74, 6) is 0. The van der Waals surface area contributed by atoms with Gasteiger partial charge in [-0.3, -0.25) is 0 Å². The van der Waals surface area contributed by atoms with E-state index in [4.69, 9.17) is 0 Å². The second-order valence-electron chi connectivity index (χ2n) is 14.8. The summed E-state index contributed by atoms with van der Waals surface area (Å²) in [6.07, 6.45) is 38.3. The monoisotopic (exact) mass is 632 g/mol. The van der Waals surface area contributed by atoms with Crippen molar-refractivity contribution in [3.05, 3.63) is 150 Å². The molecule has 0 saturated carbocycles. The quantitative estimate of drug-likeness (QED) is 0.278. The van der Waals surface area contributed by atoms with E-state index in [9.17, 15) is 0 Å². The van der Waals surface area contributed by atoms with Gasteiger partial charge in [0.2, 0.25) is 0 Å². The highest BCUT2D eigenvalue weighted by molar-refractivity contribution is 7.04.